The summed E-state index contributed by atoms with van der Waals surface area (Å²) in [6.45, 7) is 1.26. The van der Waals surface area contributed by atoms with E-state index in [1.165, 1.54) is 12.1 Å². The number of rotatable bonds is 7. The van der Waals surface area contributed by atoms with Gasteiger partial charge in [0.1, 0.15) is 5.76 Å². The Morgan fingerprint density at radius 3 is 2.47 bits per heavy atom. The number of likely N-dealkylation sites (tertiary alicyclic amines) is 1. The molecule has 2 amide bonds. The zero-order valence-electron chi connectivity index (χ0n) is 18.0. The maximum absolute atomic E-state index is 13.0. The highest BCUT2D eigenvalue weighted by Gasteiger charge is 2.29. The van der Waals surface area contributed by atoms with Crippen LogP contribution in [0.15, 0.2) is 52.0 Å². The Bertz CT molecular complexity index is 1040. The van der Waals surface area contributed by atoms with E-state index in [2.05, 4.69) is 10.0 Å². The predicted octanol–water partition coefficient (Wildman–Crippen LogP) is 2.67. The fourth-order valence-electron chi connectivity index (χ4n) is 4.39. The third kappa shape index (κ3) is 5.39. The summed E-state index contributed by atoms with van der Waals surface area (Å²) in [4.78, 5) is 27.2. The second-order valence-corrected chi connectivity index (χ2v) is 10.2. The molecule has 172 valence electrons. The summed E-state index contributed by atoms with van der Waals surface area (Å²) in [7, 11) is -3.66. The van der Waals surface area contributed by atoms with Gasteiger partial charge in [0, 0.05) is 30.6 Å². The smallest absolute Gasteiger partial charge is 0.253 e. The molecule has 0 unspecified atom stereocenters. The summed E-state index contributed by atoms with van der Waals surface area (Å²) >= 11 is 0. The average Bonchev–Trinajstić information content (AvgIpc) is 3.51. The van der Waals surface area contributed by atoms with Crippen molar-refractivity contribution >= 4 is 21.8 Å². The monoisotopic (exact) mass is 459 g/mol. The molecule has 4 rings (SSSR count). The molecule has 1 aromatic heterocycles. The second kappa shape index (κ2) is 9.87. The summed E-state index contributed by atoms with van der Waals surface area (Å²) in [5, 5.41) is 2.87. The number of carbonyl (C=O) groups is 2. The lowest BCUT2D eigenvalue weighted by atomic mass is 9.95. The second-order valence-electron chi connectivity index (χ2n) is 8.49. The lowest BCUT2D eigenvalue weighted by Gasteiger charge is -2.31. The number of hydrogen-bond donors (Lipinski definition) is 2. The predicted molar refractivity (Wildman–Crippen MR) is 118 cm³/mol. The topological polar surface area (TPSA) is 109 Å². The molecule has 0 spiro atoms. The van der Waals surface area contributed by atoms with E-state index in [0.717, 1.165) is 25.7 Å². The summed E-state index contributed by atoms with van der Waals surface area (Å²) in [5.74, 6) is 0.288. The first kappa shape index (κ1) is 22.5. The molecule has 1 saturated carbocycles. The van der Waals surface area contributed by atoms with E-state index >= 15 is 0 Å². The van der Waals surface area contributed by atoms with Gasteiger partial charge < -0.3 is 14.6 Å². The van der Waals surface area contributed by atoms with E-state index in [4.69, 9.17) is 4.42 Å². The maximum atomic E-state index is 13.0. The van der Waals surface area contributed by atoms with Crippen molar-refractivity contribution in [3.63, 3.8) is 0 Å². The molecule has 1 saturated heterocycles. The minimum atomic E-state index is -3.66. The number of carbonyl (C=O) groups excluding carboxylic acids is 2. The van der Waals surface area contributed by atoms with Crippen LogP contribution >= 0.6 is 0 Å². The Morgan fingerprint density at radius 1 is 1.03 bits per heavy atom. The molecule has 1 aliphatic carbocycles. The number of amides is 2. The minimum Gasteiger partial charge on any atom is -0.467 e. The summed E-state index contributed by atoms with van der Waals surface area (Å²) in [6, 6.07) is 9.75. The Balaban J connectivity index is 1.33. The third-order valence-electron chi connectivity index (χ3n) is 6.24. The van der Waals surface area contributed by atoms with Crippen molar-refractivity contribution in [2.24, 2.45) is 5.92 Å². The van der Waals surface area contributed by atoms with Crippen LogP contribution < -0.4 is 10.0 Å². The molecular weight excluding hydrogens is 430 g/mol. The number of nitrogens with one attached hydrogen (secondary N) is 2. The zero-order valence-corrected chi connectivity index (χ0v) is 18.8. The van der Waals surface area contributed by atoms with Gasteiger partial charge in [0.15, 0.2) is 0 Å². The molecule has 1 aromatic carbocycles. The van der Waals surface area contributed by atoms with Gasteiger partial charge in [0.2, 0.25) is 15.9 Å². The van der Waals surface area contributed by atoms with E-state index < -0.39 is 10.0 Å². The van der Waals surface area contributed by atoms with Gasteiger partial charge in [0.05, 0.1) is 17.7 Å². The van der Waals surface area contributed by atoms with E-state index in [-0.39, 0.29) is 28.7 Å². The van der Waals surface area contributed by atoms with Gasteiger partial charge in [-0.15, -0.1) is 0 Å². The van der Waals surface area contributed by atoms with Crippen molar-refractivity contribution in [1.29, 1.82) is 0 Å². The Hall–Kier alpha value is -2.65. The minimum absolute atomic E-state index is 0.0303. The first-order chi connectivity index (χ1) is 15.4. The lowest BCUT2D eigenvalue weighted by Crippen LogP contribution is -2.43. The quantitative estimate of drug-likeness (QED) is 0.662. The molecule has 2 aliphatic rings. The molecule has 2 fully saturated rings. The molecule has 2 N–H and O–H groups in total. The van der Waals surface area contributed by atoms with Crippen LogP contribution in [0.3, 0.4) is 0 Å². The largest absolute Gasteiger partial charge is 0.467 e. The van der Waals surface area contributed by atoms with E-state index in [9.17, 15) is 18.0 Å². The van der Waals surface area contributed by atoms with Crippen LogP contribution in [0.1, 0.15) is 54.6 Å². The van der Waals surface area contributed by atoms with Crippen molar-refractivity contribution < 1.29 is 22.4 Å². The summed E-state index contributed by atoms with van der Waals surface area (Å²) < 4.78 is 33.4. The van der Waals surface area contributed by atoms with Gasteiger partial charge in [-0.05, 0) is 56.0 Å². The molecule has 0 atom stereocenters. The van der Waals surface area contributed by atoms with Crippen LogP contribution in [0.4, 0.5) is 0 Å². The van der Waals surface area contributed by atoms with E-state index in [1.807, 2.05) is 0 Å². The highest BCUT2D eigenvalue weighted by Crippen LogP contribution is 2.23. The average molecular weight is 460 g/mol. The van der Waals surface area contributed by atoms with Gasteiger partial charge in [-0.2, -0.15) is 0 Å². The summed E-state index contributed by atoms with van der Waals surface area (Å²) in [6.07, 6.45) is 6.46. The maximum Gasteiger partial charge on any atom is 0.253 e. The van der Waals surface area contributed by atoms with Crippen LogP contribution in [-0.2, 0) is 21.4 Å². The van der Waals surface area contributed by atoms with Gasteiger partial charge in [-0.25, -0.2) is 13.1 Å². The van der Waals surface area contributed by atoms with Crippen molar-refractivity contribution in [1.82, 2.24) is 14.9 Å². The lowest BCUT2D eigenvalue weighted by molar-refractivity contribution is -0.126. The normalized spacial score (nSPS) is 18.1. The van der Waals surface area contributed by atoms with Crippen LogP contribution in [0.2, 0.25) is 0 Å². The van der Waals surface area contributed by atoms with Gasteiger partial charge in [-0.1, -0.05) is 18.9 Å². The van der Waals surface area contributed by atoms with E-state index in [0.29, 0.717) is 43.8 Å². The van der Waals surface area contributed by atoms with E-state index in [1.54, 1.807) is 35.4 Å². The van der Waals surface area contributed by atoms with Crippen LogP contribution in [0.25, 0.3) is 0 Å². The fraction of sp³-hybridized carbons (Fsp3) is 0.478. The Kier molecular flexibility index (Phi) is 6.95. The number of sulfonamides is 1. The van der Waals surface area contributed by atoms with Crippen molar-refractivity contribution in [3.8, 4) is 0 Å². The zero-order chi connectivity index (χ0) is 22.6. The first-order valence-corrected chi connectivity index (χ1v) is 12.6. The molecular formula is C23H29N3O5S. The molecule has 8 nitrogen and oxygen atoms in total. The van der Waals surface area contributed by atoms with Crippen LogP contribution in [0, 0.1) is 5.92 Å². The molecule has 0 bridgehead atoms. The number of nitrogens with zero attached hydrogens (tertiary/aromatic N) is 1. The molecule has 1 aliphatic heterocycles. The van der Waals surface area contributed by atoms with Crippen LogP contribution in [0.5, 0.6) is 0 Å². The number of hydrogen-bond acceptors (Lipinski definition) is 5. The highest BCUT2D eigenvalue weighted by molar-refractivity contribution is 7.89. The van der Waals surface area contributed by atoms with Gasteiger partial charge in [0.25, 0.3) is 5.91 Å². The third-order valence-corrected chi connectivity index (χ3v) is 7.76. The number of benzene rings is 1. The SMILES string of the molecule is O=C(NCc1ccco1)C1CCN(C(=O)c2cccc(S(=O)(=O)NC3CCCC3)c2)CC1. The molecule has 9 heteroatoms. The van der Waals surface area contributed by atoms with Gasteiger partial charge in [-0.3, -0.25) is 9.59 Å². The number of furan rings is 1. The first-order valence-electron chi connectivity index (χ1n) is 11.1. The standard InChI is InChI=1S/C23H29N3O5S/c27-22(24-16-20-8-4-14-31-20)17-10-12-26(13-11-17)23(28)18-5-3-9-21(15-18)32(29,30)25-19-6-1-2-7-19/h3-5,8-9,14-15,17,19,25H,1-2,6-7,10-13,16H2,(H,24,27). The van der Waals surface area contributed by atoms with Crippen LogP contribution in [-0.4, -0.2) is 44.3 Å². The summed E-state index contributed by atoms with van der Waals surface area (Å²) in [5.41, 5.74) is 0.347. The number of piperidine rings is 1. The molecule has 2 aromatic rings. The molecule has 0 radical (unpaired) electrons. The molecule has 32 heavy (non-hydrogen) atoms. The van der Waals surface area contributed by atoms with Crippen molar-refractivity contribution in [2.75, 3.05) is 13.1 Å². The van der Waals surface area contributed by atoms with Crippen molar-refractivity contribution in [2.45, 2.75) is 56.0 Å². The highest BCUT2D eigenvalue weighted by atomic mass is 32.2. The Morgan fingerprint density at radius 2 is 1.78 bits per heavy atom. The Labute approximate surface area is 188 Å². The molecule has 2 heterocycles. The van der Waals surface area contributed by atoms with Crippen molar-refractivity contribution in [3.05, 3.63) is 54.0 Å². The van der Waals surface area contributed by atoms with Gasteiger partial charge >= 0.3 is 0 Å². The fourth-order valence-corrected chi connectivity index (χ4v) is 5.74.